The van der Waals surface area contributed by atoms with Gasteiger partial charge in [-0.1, -0.05) is 24.3 Å². The van der Waals surface area contributed by atoms with E-state index in [4.69, 9.17) is 4.55 Å². The molecule has 0 spiro atoms. The highest BCUT2D eigenvalue weighted by atomic mass is 32.2. The normalized spacial score (nSPS) is 11.6. The Morgan fingerprint density at radius 2 is 1.71 bits per heavy atom. The van der Waals surface area contributed by atoms with Crippen molar-refractivity contribution in [2.45, 2.75) is 4.90 Å². The SMILES string of the molecule is O=Nc1cc(S(=O)(=O)O)c(O)c2ccccc12. The Balaban J connectivity index is 3.01. The van der Waals surface area contributed by atoms with Gasteiger partial charge in [0, 0.05) is 10.8 Å². The van der Waals surface area contributed by atoms with Crippen molar-refractivity contribution in [2.75, 3.05) is 0 Å². The van der Waals surface area contributed by atoms with Gasteiger partial charge in [0.05, 0.1) is 0 Å². The Morgan fingerprint density at radius 1 is 1.12 bits per heavy atom. The predicted octanol–water partition coefficient (Wildman–Crippen LogP) is 2.19. The van der Waals surface area contributed by atoms with E-state index in [0.29, 0.717) is 5.39 Å². The first-order valence-electron chi connectivity index (χ1n) is 4.50. The molecule has 0 saturated carbocycles. The Bertz CT molecular complexity index is 708. The number of aromatic hydroxyl groups is 1. The maximum Gasteiger partial charge on any atom is 0.298 e. The number of phenolic OH excluding ortho intramolecular Hbond substituents is 1. The lowest BCUT2D eigenvalue weighted by Gasteiger charge is -2.06. The minimum Gasteiger partial charge on any atom is -0.506 e. The third-order valence-electron chi connectivity index (χ3n) is 2.34. The van der Waals surface area contributed by atoms with Gasteiger partial charge in [0.1, 0.15) is 16.3 Å². The predicted molar refractivity (Wildman–Crippen MR) is 60.9 cm³/mol. The van der Waals surface area contributed by atoms with Crippen molar-refractivity contribution in [3.63, 3.8) is 0 Å². The summed E-state index contributed by atoms with van der Waals surface area (Å²) in [5.41, 5.74) is -0.161. The average molecular weight is 253 g/mol. The third-order valence-corrected chi connectivity index (χ3v) is 3.20. The van der Waals surface area contributed by atoms with Gasteiger partial charge >= 0.3 is 0 Å². The second-order valence-corrected chi connectivity index (χ2v) is 4.74. The number of nitroso groups, excluding NO2 is 1. The van der Waals surface area contributed by atoms with Gasteiger partial charge in [-0.15, -0.1) is 4.91 Å². The minimum atomic E-state index is -4.61. The Hall–Kier alpha value is -1.99. The number of hydrogen-bond acceptors (Lipinski definition) is 5. The molecular weight excluding hydrogens is 246 g/mol. The van der Waals surface area contributed by atoms with Crippen molar-refractivity contribution >= 4 is 26.6 Å². The first-order valence-corrected chi connectivity index (χ1v) is 5.94. The summed E-state index contributed by atoms with van der Waals surface area (Å²) in [5.74, 6) is -0.601. The van der Waals surface area contributed by atoms with Crippen molar-refractivity contribution in [1.29, 1.82) is 0 Å². The van der Waals surface area contributed by atoms with Gasteiger partial charge in [0.15, 0.2) is 0 Å². The molecule has 0 atom stereocenters. The largest absolute Gasteiger partial charge is 0.506 e. The van der Waals surface area contributed by atoms with E-state index in [2.05, 4.69) is 5.18 Å². The van der Waals surface area contributed by atoms with Crippen LogP contribution in [0.5, 0.6) is 5.75 Å². The highest BCUT2D eigenvalue weighted by Gasteiger charge is 2.20. The van der Waals surface area contributed by atoms with Gasteiger partial charge in [-0.3, -0.25) is 4.55 Å². The van der Waals surface area contributed by atoms with E-state index in [1.165, 1.54) is 12.1 Å². The molecule has 0 aliphatic rings. The molecule has 2 aromatic carbocycles. The molecule has 0 heterocycles. The van der Waals surface area contributed by atoms with Crippen molar-refractivity contribution in [2.24, 2.45) is 5.18 Å². The van der Waals surface area contributed by atoms with Crippen LogP contribution in [0.25, 0.3) is 10.8 Å². The van der Waals surface area contributed by atoms with E-state index in [0.717, 1.165) is 6.07 Å². The van der Waals surface area contributed by atoms with E-state index in [9.17, 15) is 18.4 Å². The van der Waals surface area contributed by atoms with Crippen LogP contribution in [0.1, 0.15) is 0 Å². The summed E-state index contributed by atoms with van der Waals surface area (Å²) in [6.07, 6.45) is 0. The molecule has 2 rings (SSSR count). The van der Waals surface area contributed by atoms with Crippen LogP contribution < -0.4 is 0 Å². The van der Waals surface area contributed by atoms with Crippen LogP contribution in [0, 0.1) is 4.91 Å². The first-order chi connectivity index (χ1) is 7.95. The number of phenols is 1. The molecule has 0 aromatic heterocycles. The zero-order chi connectivity index (χ0) is 12.6. The molecule has 0 bridgehead atoms. The lowest BCUT2D eigenvalue weighted by molar-refractivity contribution is 0.448. The number of nitrogens with zero attached hydrogens (tertiary/aromatic N) is 1. The van der Waals surface area contributed by atoms with E-state index in [1.54, 1.807) is 12.1 Å². The van der Waals surface area contributed by atoms with Gasteiger partial charge in [-0.05, 0) is 11.2 Å². The fourth-order valence-electron chi connectivity index (χ4n) is 1.59. The van der Waals surface area contributed by atoms with Crippen LogP contribution in [0.4, 0.5) is 5.69 Å². The molecule has 2 aromatic rings. The minimum absolute atomic E-state index is 0.136. The number of hydrogen-bond donors (Lipinski definition) is 2. The lowest BCUT2D eigenvalue weighted by atomic mass is 10.1. The highest BCUT2D eigenvalue weighted by molar-refractivity contribution is 7.86. The molecule has 0 amide bonds. The molecule has 0 saturated heterocycles. The summed E-state index contributed by atoms with van der Waals surface area (Å²) in [7, 11) is -4.61. The molecule has 0 aliphatic heterocycles. The van der Waals surface area contributed by atoms with Crippen LogP contribution >= 0.6 is 0 Å². The monoisotopic (exact) mass is 253 g/mol. The molecule has 2 N–H and O–H groups in total. The van der Waals surface area contributed by atoms with E-state index in [-0.39, 0.29) is 11.1 Å². The standard InChI is InChI=1S/C10H7NO5S/c12-10-7-4-2-1-3-6(7)8(11-13)5-9(10)17(14,15)16/h1-5,12H,(H,14,15,16). The summed E-state index contributed by atoms with van der Waals surface area (Å²) in [5, 5.41) is 12.8. The second-order valence-electron chi connectivity index (χ2n) is 3.35. The number of benzene rings is 2. The molecule has 17 heavy (non-hydrogen) atoms. The van der Waals surface area contributed by atoms with Crippen LogP contribution in [-0.4, -0.2) is 18.1 Å². The summed E-state index contributed by atoms with van der Waals surface area (Å²) in [6, 6.07) is 6.95. The van der Waals surface area contributed by atoms with Gasteiger partial charge in [0.25, 0.3) is 10.1 Å². The zero-order valence-electron chi connectivity index (χ0n) is 8.36. The lowest BCUT2D eigenvalue weighted by Crippen LogP contribution is -1.98. The summed E-state index contributed by atoms with van der Waals surface area (Å²) in [6.45, 7) is 0. The quantitative estimate of drug-likeness (QED) is 0.630. The number of rotatable bonds is 2. The molecular formula is C10H7NO5S. The average Bonchev–Trinajstić information content (AvgIpc) is 2.28. The van der Waals surface area contributed by atoms with Crippen molar-refractivity contribution in [3.8, 4) is 5.75 Å². The first kappa shape index (κ1) is 11.5. The van der Waals surface area contributed by atoms with Crippen LogP contribution in [0.15, 0.2) is 40.4 Å². The molecule has 0 fully saturated rings. The van der Waals surface area contributed by atoms with Gasteiger partial charge in [0.2, 0.25) is 0 Å². The van der Waals surface area contributed by atoms with Crippen molar-refractivity contribution < 1.29 is 18.1 Å². The van der Waals surface area contributed by atoms with Gasteiger partial charge < -0.3 is 5.11 Å². The maximum absolute atomic E-state index is 11.0. The second kappa shape index (κ2) is 3.79. The smallest absolute Gasteiger partial charge is 0.298 e. The summed E-state index contributed by atoms with van der Waals surface area (Å²) < 4.78 is 31.0. The summed E-state index contributed by atoms with van der Waals surface area (Å²) >= 11 is 0. The maximum atomic E-state index is 11.0. The fraction of sp³-hybridized carbons (Fsp3) is 0. The molecule has 0 aliphatic carbocycles. The van der Waals surface area contributed by atoms with Gasteiger partial charge in [-0.25, -0.2) is 0 Å². The van der Waals surface area contributed by atoms with E-state index in [1.807, 2.05) is 0 Å². The highest BCUT2D eigenvalue weighted by Crippen LogP contribution is 2.37. The van der Waals surface area contributed by atoms with E-state index < -0.39 is 20.8 Å². The molecule has 7 heteroatoms. The van der Waals surface area contributed by atoms with E-state index >= 15 is 0 Å². The zero-order valence-corrected chi connectivity index (χ0v) is 9.18. The molecule has 0 radical (unpaired) electrons. The third kappa shape index (κ3) is 1.85. The van der Waals surface area contributed by atoms with Gasteiger partial charge in [-0.2, -0.15) is 8.42 Å². The molecule has 88 valence electrons. The topological polar surface area (TPSA) is 104 Å². The fourth-order valence-corrected chi connectivity index (χ4v) is 2.20. The molecule has 6 nitrogen and oxygen atoms in total. The van der Waals surface area contributed by atoms with Crippen LogP contribution in [-0.2, 0) is 10.1 Å². The molecule has 0 unspecified atom stereocenters. The van der Waals surface area contributed by atoms with Crippen LogP contribution in [0.2, 0.25) is 0 Å². The van der Waals surface area contributed by atoms with Crippen molar-refractivity contribution in [3.05, 3.63) is 35.2 Å². The summed E-state index contributed by atoms with van der Waals surface area (Å²) in [4.78, 5) is 9.87. The Morgan fingerprint density at radius 3 is 2.24 bits per heavy atom. The van der Waals surface area contributed by atoms with Crippen molar-refractivity contribution in [1.82, 2.24) is 0 Å². The Kier molecular flexibility index (Phi) is 2.56. The van der Waals surface area contributed by atoms with Crippen LogP contribution in [0.3, 0.4) is 0 Å². The number of fused-ring (bicyclic) bond motifs is 1. The Labute approximate surface area is 96.2 Å².